The van der Waals surface area contributed by atoms with Crippen molar-refractivity contribution < 1.29 is 22.7 Å². The van der Waals surface area contributed by atoms with E-state index in [0.717, 1.165) is 25.2 Å². The quantitative estimate of drug-likeness (QED) is 0.846. The molecule has 0 aromatic heterocycles. The zero-order chi connectivity index (χ0) is 13.6. The largest absolute Gasteiger partial charge is 0.440 e. The van der Waals surface area contributed by atoms with Crippen molar-refractivity contribution in [1.82, 2.24) is 5.32 Å². The molecule has 1 amide bonds. The van der Waals surface area contributed by atoms with Crippen LogP contribution in [0.2, 0.25) is 0 Å². The number of carbonyl (C=O) groups excluding carboxylic acids is 1. The zero-order valence-corrected chi connectivity index (χ0v) is 10.6. The first-order chi connectivity index (χ1) is 8.37. The van der Waals surface area contributed by atoms with E-state index in [-0.39, 0.29) is 0 Å². The van der Waals surface area contributed by atoms with Crippen LogP contribution >= 0.6 is 0 Å². The van der Waals surface area contributed by atoms with E-state index in [1.54, 1.807) is 0 Å². The van der Waals surface area contributed by atoms with E-state index >= 15 is 0 Å². The van der Waals surface area contributed by atoms with Crippen LogP contribution in [0.5, 0.6) is 0 Å². The minimum Gasteiger partial charge on any atom is -0.440 e. The van der Waals surface area contributed by atoms with E-state index in [1.165, 1.54) is 12.8 Å². The minimum atomic E-state index is -4.46. The van der Waals surface area contributed by atoms with Crippen LogP contribution in [0.15, 0.2) is 0 Å². The smallest absolute Gasteiger partial charge is 0.422 e. The molecule has 0 unspecified atom stereocenters. The fraction of sp³-hybridized carbons (Fsp3) is 0.917. The molecule has 0 aliphatic heterocycles. The molecule has 0 heterocycles. The van der Waals surface area contributed by atoms with E-state index in [2.05, 4.69) is 17.0 Å². The van der Waals surface area contributed by atoms with Gasteiger partial charge in [0, 0.05) is 6.54 Å². The maximum Gasteiger partial charge on any atom is 0.422 e. The molecule has 0 saturated heterocycles. The molecule has 6 heteroatoms. The van der Waals surface area contributed by atoms with E-state index in [4.69, 9.17) is 0 Å². The fourth-order valence-corrected chi connectivity index (χ4v) is 2.19. The van der Waals surface area contributed by atoms with Crippen LogP contribution < -0.4 is 5.32 Å². The lowest BCUT2D eigenvalue weighted by atomic mass is 9.81. The second-order valence-corrected chi connectivity index (χ2v) is 5.03. The Bertz CT molecular complexity index is 261. The molecule has 106 valence electrons. The lowest BCUT2D eigenvalue weighted by Crippen LogP contribution is -2.30. The van der Waals surface area contributed by atoms with Gasteiger partial charge in [-0.05, 0) is 18.3 Å². The Balaban J connectivity index is 2.05. The highest BCUT2D eigenvalue weighted by Gasteiger charge is 2.29. The predicted octanol–water partition coefficient (Wildman–Crippen LogP) is 3.49. The number of carbonyl (C=O) groups is 1. The summed E-state index contributed by atoms with van der Waals surface area (Å²) in [4.78, 5) is 11.0. The van der Waals surface area contributed by atoms with E-state index in [9.17, 15) is 18.0 Å². The number of halogens is 3. The summed E-state index contributed by atoms with van der Waals surface area (Å²) in [5, 5.41) is 2.35. The fourth-order valence-electron chi connectivity index (χ4n) is 2.19. The van der Waals surface area contributed by atoms with E-state index < -0.39 is 18.9 Å². The summed E-state index contributed by atoms with van der Waals surface area (Å²) in [7, 11) is 0. The van der Waals surface area contributed by atoms with Crippen LogP contribution in [0.3, 0.4) is 0 Å². The van der Waals surface area contributed by atoms with Gasteiger partial charge in [0.2, 0.25) is 0 Å². The number of amides is 1. The molecule has 1 fully saturated rings. The van der Waals surface area contributed by atoms with Crippen LogP contribution in [-0.2, 0) is 4.74 Å². The van der Waals surface area contributed by atoms with Crippen LogP contribution in [0.25, 0.3) is 0 Å². The summed E-state index contributed by atoms with van der Waals surface area (Å²) in [6.45, 7) is 1.08. The number of ether oxygens (including phenoxy) is 1. The molecule has 1 aliphatic carbocycles. The Kier molecular flexibility index (Phi) is 5.75. The highest BCUT2D eigenvalue weighted by atomic mass is 19.4. The van der Waals surface area contributed by atoms with Crippen molar-refractivity contribution in [2.24, 2.45) is 11.8 Å². The molecule has 0 aromatic rings. The molecule has 0 aromatic carbocycles. The molecule has 1 rings (SSSR count). The standard InChI is InChI=1S/C12H20F3NO2/c1-9-2-4-10(5-3-9)6-7-16-11(17)18-8-12(13,14)15/h9-10H,2-8H2,1H3,(H,16,17). The predicted molar refractivity (Wildman–Crippen MR) is 61.1 cm³/mol. The van der Waals surface area contributed by atoms with Crippen LogP contribution in [0.1, 0.15) is 39.0 Å². The molecule has 0 spiro atoms. The van der Waals surface area contributed by atoms with Crippen molar-refractivity contribution in [2.45, 2.75) is 45.2 Å². The lowest BCUT2D eigenvalue weighted by molar-refractivity contribution is -0.160. The first-order valence-electron chi connectivity index (χ1n) is 6.34. The normalized spacial score (nSPS) is 24.7. The summed E-state index contributed by atoms with van der Waals surface area (Å²) in [5.74, 6) is 1.34. The first-order valence-corrected chi connectivity index (χ1v) is 6.34. The maximum atomic E-state index is 11.8. The molecule has 18 heavy (non-hydrogen) atoms. The van der Waals surface area contributed by atoms with Gasteiger partial charge in [0.25, 0.3) is 0 Å². The second kappa shape index (κ2) is 6.85. The Hall–Kier alpha value is -0.940. The van der Waals surface area contributed by atoms with Crippen molar-refractivity contribution in [3.8, 4) is 0 Å². The third-order valence-electron chi connectivity index (χ3n) is 3.32. The zero-order valence-electron chi connectivity index (χ0n) is 10.6. The van der Waals surface area contributed by atoms with Crippen molar-refractivity contribution in [1.29, 1.82) is 0 Å². The van der Waals surface area contributed by atoms with Gasteiger partial charge < -0.3 is 10.1 Å². The third-order valence-corrected chi connectivity index (χ3v) is 3.32. The summed E-state index contributed by atoms with van der Waals surface area (Å²) in [6.07, 6.45) is 0.0364. The highest BCUT2D eigenvalue weighted by molar-refractivity contribution is 5.67. The van der Waals surface area contributed by atoms with E-state index in [0.29, 0.717) is 12.5 Å². The Morgan fingerprint density at radius 1 is 1.28 bits per heavy atom. The van der Waals surface area contributed by atoms with Crippen LogP contribution in [0, 0.1) is 11.8 Å². The number of alkyl halides is 3. The van der Waals surface area contributed by atoms with Crippen molar-refractivity contribution in [3.63, 3.8) is 0 Å². The molecular weight excluding hydrogens is 247 g/mol. The van der Waals surface area contributed by atoms with Gasteiger partial charge in [-0.3, -0.25) is 0 Å². The Morgan fingerprint density at radius 3 is 2.44 bits per heavy atom. The molecule has 0 radical (unpaired) electrons. The minimum absolute atomic E-state index is 0.385. The summed E-state index contributed by atoms with van der Waals surface area (Å²) < 4.78 is 39.3. The first kappa shape index (κ1) is 15.1. The van der Waals surface area contributed by atoms with Gasteiger partial charge >= 0.3 is 12.3 Å². The highest BCUT2D eigenvalue weighted by Crippen LogP contribution is 2.29. The van der Waals surface area contributed by atoms with Gasteiger partial charge in [-0.25, -0.2) is 4.79 Å². The molecule has 1 saturated carbocycles. The molecular formula is C12H20F3NO2. The Morgan fingerprint density at radius 2 is 1.89 bits per heavy atom. The van der Waals surface area contributed by atoms with Crippen molar-refractivity contribution in [3.05, 3.63) is 0 Å². The molecule has 1 N–H and O–H groups in total. The SMILES string of the molecule is CC1CCC(CCNC(=O)OCC(F)(F)F)CC1. The van der Waals surface area contributed by atoms with Crippen LogP contribution in [0.4, 0.5) is 18.0 Å². The van der Waals surface area contributed by atoms with Crippen LogP contribution in [-0.4, -0.2) is 25.4 Å². The van der Waals surface area contributed by atoms with Gasteiger partial charge in [-0.1, -0.05) is 32.6 Å². The van der Waals surface area contributed by atoms with Gasteiger partial charge in [0.05, 0.1) is 0 Å². The average molecular weight is 267 g/mol. The maximum absolute atomic E-state index is 11.8. The second-order valence-electron chi connectivity index (χ2n) is 5.03. The third kappa shape index (κ3) is 6.71. The topological polar surface area (TPSA) is 38.3 Å². The van der Waals surface area contributed by atoms with Gasteiger partial charge in [-0.2, -0.15) is 13.2 Å². The Labute approximate surface area is 105 Å². The molecule has 3 nitrogen and oxygen atoms in total. The number of nitrogens with one attached hydrogen (secondary N) is 1. The number of alkyl carbamates (subject to hydrolysis) is 1. The number of hydrogen-bond acceptors (Lipinski definition) is 2. The summed E-state index contributed by atoms with van der Waals surface area (Å²) in [5.41, 5.74) is 0. The van der Waals surface area contributed by atoms with E-state index in [1.807, 2.05) is 0 Å². The number of rotatable bonds is 4. The van der Waals surface area contributed by atoms with Gasteiger partial charge in [0.15, 0.2) is 6.61 Å². The van der Waals surface area contributed by atoms with Crippen molar-refractivity contribution >= 4 is 6.09 Å². The summed E-state index contributed by atoms with van der Waals surface area (Å²) >= 11 is 0. The van der Waals surface area contributed by atoms with Gasteiger partial charge in [-0.15, -0.1) is 0 Å². The average Bonchev–Trinajstić information content (AvgIpc) is 2.28. The number of hydrogen-bond donors (Lipinski definition) is 1. The molecule has 0 atom stereocenters. The van der Waals surface area contributed by atoms with Crippen molar-refractivity contribution in [2.75, 3.05) is 13.2 Å². The molecule has 1 aliphatic rings. The molecule has 0 bridgehead atoms. The lowest BCUT2D eigenvalue weighted by Gasteiger charge is -2.26. The van der Waals surface area contributed by atoms with Gasteiger partial charge in [0.1, 0.15) is 0 Å². The monoisotopic (exact) mass is 267 g/mol. The summed E-state index contributed by atoms with van der Waals surface area (Å²) in [6, 6.07) is 0.